The van der Waals surface area contributed by atoms with Gasteiger partial charge >= 0.3 is 0 Å². The Hall–Kier alpha value is -2.89. The van der Waals surface area contributed by atoms with Crippen molar-refractivity contribution >= 4 is 17.5 Å². The Morgan fingerprint density at radius 2 is 1.63 bits per heavy atom. The minimum absolute atomic E-state index is 0.0435. The van der Waals surface area contributed by atoms with Crippen LogP contribution in [0.15, 0.2) is 48.5 Å². The predicted octanol–water partition coefficient (Wildman–Crippen LogP) is 3.85. The molecule has 2 saturated heterocycles. The Balaban J connectivity index is 1.38. The number of carbonyl (C=O) groups excluding carboxylic acids is 2. The Kier molecular flexibility index (Phi) is 6.31. The van der Waals surface area contributed by atoms with Crippen LogP contribution in [-0.4, -0.2) is 48.9 Å². The topological polar surface area (TPSA) is 52.7 Å². The van der Waals surface area contributed by atoms with Gasteiger partial charge in [0.05, 0.1) is 5.56 Å². The van der Waals surface area contributed by atoms with Crippen LogP contribution in [0, 0.1) is 5.82 Å². The highest BCUT2D eigenvalue weighted by Gasteiger charge is 2.26. The van der Waals surface area contributed by atoms with Crippen molar-refractivity contribution in [3.05, 3.63) is 65.5 Å². The van der Waals surface area contributed by atoms with Crippen LogP contribution in [0.1, 0.15) is 52.8 Å². The van der Waals surface area contributed by atoms with Gasteiger partial charge in [0.2, 0.25) is 0 Å². The Morgan fingerprint density at radius 3 is 2.37 bits per heavy atom. The molecule has 2 aliphatic heterocycles. The number of amides is 2. The third kappa shape index (κ3) is 4.64. The standard InChI is InChI=1S/C24H28FN3O2/c25-19-8-6-7-18(17-19)23(29)26-20-11-15-27(16-12-20)22-10-3-2-9-21(22)24(30)28-13-4-1-5-14-28/h2-3,6-10,17,20H,1,4-5,11-16H2,(H,26,29). The highest BCUT2D eigenvalue weighted by Crippen LogP contribution is 2.26. The lowest BCUT2D eigenvalue weighted by Crippen LogP contribution is -2.45. The number of halogens is 1. The molecule has 158 valence electrons. The van der Waals surface area contributed by atoms with E-state index in [0.717, 1.165) is 63.1 Å². The van der Waals surface area contributed by atoms with Gasteiger partial charge in [-0.15, -0.1) is 0 Å². The van der Waals surface area contributed by atoms with Crippen LogP contribution in [0.5, 0.6) is 0 Å². The van der Waals surface area contributed by atoms with E-state index < -0.39 is 5.82 Å². The number of para-hydroxylation sites is 1. The molecule has 2 amide bonds. The van der Waals surface area contributed by atoms with E-state index in [1.165, 1.54) is 18.6 Å². The van der Waals surface area contributed by atoms with Crippen molar-refractivity contribution in [3.8, 4) is 0 Å². The minimum atomic E-state index is -0.410. The first kappa shape index (κ1) is 20.4. The summed E-state index contributed by atoms with van der Waals surface area (Å²) in [6.45, 7) is 3.19. The third-order valence-corrected chi connectivity index (χ3v) is 6.04. The normalized spacial score (nSPS) is 17.6. The number of nitrogens with one attached hydrogen (secondary N) is 1. The van der Waals surface area contributed by atoms with E-state index in [1.54, 1.807) is 12.1 Å². The molecule has 0 aromatic heterocycles. The number of hydrogen-bond acceptors (Lipinski definition) is 3. The van der Waals surface area contributed by atoms with E-state index in [4.69, 9.17) is 0 Å². The van der Waals surface area contributed by atoms with Crippen LogP contribution in [0.4, 0.5) is 10.1 Å². The molecule has 4 rings (SSSR count). The largest absolute Gasteiger partial charge is 0.371 e. The molecule has 6 heteroatoms. The minimum Gasteiger partial charge on any atom is -0.371 e. The van der Waals surface area contributed by atoms with E-state index in [-0.39, 0.29) is 17.9 Å². The monoisotopic (exact) mass is 409 g/mol. The van der Waals surface area contributed by atoms with E-state index >= 15 is 0 Å². The Bertz CT molecular complexity index is 903. The molecular weight excluding hydrogens is 381 g/mol. The van der Waals surface area contributed by atoms with Crippen molar-refractivity contribution in [1.29, 1.82) is 0 Å². The van der Waals surface area contributed by atoms with Gasteiger partial charge < -0.3 is 15.1 Å². The average molecular weight is 410 g/mol. The third-order valence-electron chi connectivity index (χ3n) is 6.04. The molecular formula is C24H28FN3O2. The molecule has 0 aliphatic carbocycles. The number of rotatable bonds is 4. The SMILES string of the molecule is O=C(NC1CCN(c2ccccc2C(=O)N2CCCCC2)CC1)c1cccc(F)c1. The lowest BCUT2D eigenvalue weighted by Gasteiger charge is -2.36. The van der Waals surface area contributed by atoms with Crippen molar-refractivity contribution < 1.29 is 14.0 Å². The number of anilines is 1. The van der Waals surface area contributed by atoms with Gasteiger partial charge in [-0.05, 0) is 62.4 Å². The quantitative estimate of drug-likeness (QED) is 0.835. The summed E-state index contributed by atoms with van der Waals surface area (Å²) in [6, 6.07) is 13.6. The van der Waals surface area contributed by atoms with Crippen molar-refractivity contribution in [3.63, 3.8) is 0 Å². The molecule has 0 atom stereocenters. The molecule has 30 heavy (non-hydrogen) atoms. The fourth-order valence-corrected chi connectivity index (χ4v) is 4.36. The van der Waals surface area contributed by atoms with Crippen molar-refractivity contribution in [2.24, 2.45) is 0 Å². The number of piperidine rings is 2. The number of hydrogen-bond donors (Lipinski definition) is 1. The summed E-state index contributed by atoms with van der Waals surface area (Å²) >= 11 is 0. The highest BCUT2D eigenvalue weighted by atomic mass is 19.1. The second-order valence-corrected chi connectivity index (χ2v) is 8.12. The molecule has 2 aromatic rings. The summed E-state index contributed by atoms with van der Waals surface area (Å²) < 4.78 is 13.4. The first-order chi connectivity index (χ1) is 14.6. The van der Waals surface area contributed by atoms with Crippen LogP contribution in [0.3, 0.4) is 0 Å². The molecule has 2 aromatic carbocycles. The maximum atomic E-state index is 13.4. The summed E-state index contributed by atoms with van der Waals surface area (Å²) in [5, 5.41) is 3.02. The number of carbonyl (C=O) groups is 2. The average Bonchev–Trinajstić information content (AvgIpc) is 2.80. The van der Waals surface area contributed by atoms with E-state index in [1.807, 2.05) is 29.2 Å². The first-order valence-corrected chi connectivity index (χ1v) is 10.8. The van der Waals surface area contributed by atoms with Gasteiger partial charge in [-0.25, -0.2) is 4.39 Å². The van der Waals surface area contributed by atoms with Gasteiger partial charge in [0.25, 0.3) is 11.8 Å². The molecule has 0 bridgehead atoms. The fourth-order valence-electron chi connectivity index (χ4n) is 4.36. The first-order valence-electron chi connectivity index (χ1n) is 10.8. The molecule has 2 aliphatic rings. The van der Waals surface area contributed by atoms with E-state index in [0.29, 0.717) is 5.56 Å². The second-order valence-electron chi connectivity index (χ2n) is 8.12. The van der Waals surface area contributed by atoms with Crippen LogP contribution < -0.4 is 10.2 Å². The predicted molar refractivity (Wildman–Crippen MR) is 115 cm³/mol. The van der Waals surface area contributed by atoms with Crippen LogP contribution >= 0.6 is 0 Å². The lowest BCUT2D eigenvalue weighted by molar-refractivity contribution is 0.0724. The molecule has 5 nitrogen and oxygen atoms in total. The Labute approximate surface area is 176 Å². The Morgan fingerprint density at radius 1 is 0.900 bits per heavy atom. The fraction of sp³-hybridized carbons (Fsp3) is 0.417. The zero-order chi connectivity index (χ0) is 20.9. The summed E-state index contributed by atoms with van der Waals surface area (Å²) in [5.74, 6) is -0.534. The number of nitrogens with zero attached hydrogens (tertiary/aromatic N) is 2. The highest BCUT2D eigenvalue weighted by molar-refractivity contribution is 6.00. The zero-order valence-electron chi connectivity index (χ0n) is 17.1. The van der Waals surface area contributed by atoms with Gasteiger partial charge in [0.15, 0.2) is 0 Å². The van der Waals surface area contributed by atoms with E-state index in [9.17, 15) is 14.0 Å². The van der Waals surface area contributed by atoms with E-state index in [2.05, 4.69) is 10.2 Å². The van der Waals surface area contributed by atoms with Crippen LogP contribution in [0.25, 0.3) is 0 Å². The zero-order valence-corrected chi connectivity index (χ0v) is 17.1. The molecule has 0 saturated carbocycles. The van der Waals surface area contributed by atoms with Gasteiger partial charge in [0.1, 0.15) is 5.82 Å². The van der Waals surface area contributed by atoms with Gasteiger partial charge in [-0.1, -0.05) is 18.2 Å². The molecule has 0 spiro atoms. The molecule has 1 N–H and O–H groups in total. The molecule has 2 heterocycles. The molecule has 0 unspecified atom stereocenters. The van der Waals surface area contributed by atoms with Crippen molar-refractivity contribution in [2.75, 3.05) is 31.1 Å². The van der Waals surface area contributed by atoms with Gasteiger partial charge in [-0.3, -0.25) is 9.59 Å². The summed E-state index contributed by atoms with van der Waals surface area (Å²) in [7, 11) is 0. The molecule has 0 radical (unpaired) electrons. The number of likely N-dealkylation sites (tertiary alicyclic amines) is 1. The van der Waals surface area contributed by atoms with Gasteiger partial charge in [0, 0.05) is 43.5 Å². The van der Waals surface area contributed by atoms with Gasteiger partial charge in [-0.2, -0.15) is 0 Å². The summed E-state index contributed by atoms with van der Waals surface area (Å²) in [6.07, 6.45) is 4.91. The summed E-state index contributed by atoms with van der Waals surface area (Å²) in [4.78, 5) is 29.7. The lowest BCUT2D eigenvalue weighted by atomic mass is 10.0. The number of benzene rings is 2. The second kappa shape index (κ2) is 9.28. The maximum absolute atomic E-state index is 13.4. The van der Waals surface area contributed by atoms with Crippen molar-refractivity contribution in [1.82, 2.24) is 10.2 Å². The smallest absolute Gasteiger partial charge is 0.255 e. The van der Waals surface area contributed by atoms with Crippen LogP contribution in [-0.2, 0) is 0 Å². The summed E-state index contributed by atoms with van der Waals surface area (Å²) in [5.41, 5.74) is 2.08. The molecule has 2 fully saturated rings. The maximum Gasteiger partial charge on any atom is 0.255 e. The van der Waals surface area contributed by atoms with Crippen molar-refractivity contribution in [2.45, 2.75) is 38.1 Å². The van der Waals surface area contributed by atoms with Crippen LogP contribution in [0.2, 0.25) is 0 Å².